The first-order valence-corrected chi connectivity index (χ1v) is 10.0. The minimum atomic E-state index is -1.08. The molecule has 0 saturated heterocycles. The predicted molar refractivity (Wildman–Crippen MR) is 113 cm³/mol. The van der Waals surface area contributed by atoms with Crippen molar-refractivity contribution in [2.45, 2.75) is 32.2 Å². The topological polar surface area (TPSA) is 102 Å². The SMILES string of the molecule is CCCC[C@H](C(=O)OCC(=O)Nc1ccc(OC)cc1)N1C(=O)c2ccccc2C1=O. The monoisotopic (exact) mass is 424 g/mol. The highest BCUT2D eigenvalue weighted by Gasteiger charge is 2.43. The van der Waals surface area contributed by atoms with Crippen molar-refractivity contribution in [3.8, 4) is 5.75 Å². The van der Waals surface area contributed by atoms with E-state index in [4.69, 9.17) is 9.47 Å². The summed E-state index contributed by atoms with van der Waals surface area (Å²) < 4.78 is 10.2. The van der Waals surface area contributed by atoms with E-state index in [0.717, 1.165) is 11.3 Å². The van der Waals surface area contributed by atoms with Gasteiger partial charge in [0.15, 0.2) is 6.61 Å². The molecule has 31 heavy (non-hydrogen) atoms. The van der Waals surface area contributed by atoms with Gasteiger partial charge in [0.05, 0.1) is 18.2 Å². The molecule has 0 radical (unpaired) electrons. The fourth-order valence-electron chi connectivity index (χ4n) is 3.35. The number of benzene rings is 2. The van der Waals surface area contributed by atoms with Crippen LogP contribution in [-0.2, 0) is 14.3 Å². The fraction of sp³-hybridized carbons (Fsp3) is 0.304. The average Bonchev–Trinajstić information content (AvgIpc) is 3.04. The summed E-state index contributed by atoms with van der Waals surface area (Å²) in [5.74, 6) is -1.73. The number of esters is 1. The van der Waals surface area contributed by atoms with E-state index in [0.29, 0.717) is 17.9 Å². The van der Waals surface area contributed by atoms with Gasteiger partial charge in [-0.1, -0.05) is 31.9 Å². The van der Waals surface area contributed by atoms with Crippen LogP contribution in [0.15, 0.2) is 48.5 Å². The second-order valence-corrected chi connectivity index (χ2v) is 7.07. The number of carbonyl (C=O) groups is 4. The lowest BCUT2D eigenvalue weighted by molar-refractivity contribution is -0.151. The maximum absolute atomic E-state index is 12.8. The van der Waals surface area contributed by atoms with Crippen molar-refractivity contribution in [2.75, 3.05) is 19.0 Å². The van der Waals surface area contributed by atoms with Gasteiger partial charge in [0.1, 0.15) is 11.8 Å². The van der Waals surface area contributed by atoms with Crippen LogP contribution in [0.25, 0.3) is 0 Å². The van der Waals surface area contributed by atoms with Crippen LogP contribution < -0.4 is 10.1 Å². The van der Waals surface area contributed by atoms with Gasteiger partial charge in [0.2, 0.25) is 0 Å². The molecule has 0 fully saturated rings. The van der Waals surface area contributed by atoms with Crippen LogP contribution in [0.3, 0.4) is 0 Å². The zero-order valence-electron chi connectivity index (χ0n) is 17.4. The summed E-state index contributed by atoms with van der Waals surface area (Å²) in [6.45, 7) is 1.41. The van der Waals surface area contributed by atoms with Crippen LogP contribution in [0.1, 0.15) is 46.9 Å². The van der Waals surface area contributed by atoms with Gasteiger partial charge < -0.3 is 14.8 Å². The second-order valence-electron chi connectivity index (χ2n) is 7.07. The van der Waals surface area contributed by atoms with Gasteiger partial charge in [-0.2, -0.15) is 0 Å². The van der Waals surface area contributed by atoms with Gasteiger partial charge in [0.25, 0.3) is 17.7 Å². The van der Waals surface area contributed by atoms with Crippen molar-refractivity contribution in [1.82, 2.24) is 4.90 Å². The lowest BCUT2D eigenvalue weighted by atomic mass is 10.1. The molecule has 0 spiro atoms. The van der Waals surface area contributed by atoms with E-state index in [2.05, 4.69) is 5.32 Å². The Morgan fingerprint density at radius 2 is 1.61 bits per heavy atom. The Morgan fingerprint density at radius 3 is 2.16 bits per heavy atom. The van der Waals surface area contributed by atoms with Gasteiger partial charge in [-0.25, -0.2) is 4.79 Å². The fourth-order valence-corrected chi connectivity index (χ4v) is 3.35. The van der Waals surface area contributed by atoms with Crippen LogP contribution in [0.4, 0.5) is 5.69 Å². The van der Waals surface area contributed by atoms with E-state index in [1.165, 1.54) is 7.11 Å². The maximum Gasteiger partial charge on any atom is 0.329 e. The molecule has 0 aromatic heterocycles. The minimum absolute atomic E-state index is 0.263. The summed E-state index contributed by atoms with van der Waals surface area (Å²) in [6.07, 6.45) is 1.65. The summed E-state index contributed by atoms with van der Waals surface area (Å²) in [4.78, 5) is 51.4. The normalized spacial score (nSPS) is 13.5. The summed E-state index contributed by atoms with van der Waals surface area (Å²) >= 11 is 0. The third kappa shape index (κ3) is 4.91. The highest BCUT2D eigenvalue weighted by atomic mass is 16.5. The van der Waals surface area contributed by atoms with E-state index >= 15 is 0 Å². The Labute approximate surface area is 180 Å². The molecule has 162 valence electrons. The molecule has 1 aliphatic heterocycles. The first-order chi connectivity index (χ1) is 15.0. The number of methoxy groups -OCH3 is 1. The lowest BCUT2D eigenvalue weighted by Gasteiger charge is -2.24. The molecular formula is C23H24N2O6. The van der Waals surface area contributed by atoms with E-state index < -0.39 is 36.3 Å². The van der Waals surface area contributed by atoms with Crippen LogP contribution in [-0.4, -0.2) is 48.3 Å². The molecule has 2 aromatic carbocycles. The maximum atomic E-state index is 12.8. The van der Waals surface area contributed by atoms with E-state index in [9.17, 15) is 19.2 Å². The standard InChI is InChI=1S/C23H24N2O6/c1-3-4-9-19(25-21(27)17-7-5-6-8-18(17)22(25)28)23(29)31-14-20(26)24-15-10-12-16(30-2)13-11-15/h5-8,10-13,19H,3-4,9,14H2,1-2H3,(H,24,26)/t19-/m1/s1. The van der Waals surface area contributed by atoms with Crippen molar-refractivity contribution in [2.24, 2.45) is 0 Å². The van der Waals surface area contributed by atoms with Gasteiger partial charge in [0, 0.05) is 5.69 Å². The molecule has 3 amide bonds. The number of nitrogens with one attached hydrogen (secondary N) is 1. The molecule has 3 rings (SSSR count). The third-order valence-electron chi connectivity index (χ3n) is 4.96. The Morgan fingerprint density at radius 1 is 1.00 bits per heavy atom. The number of ether oxygens (including phenoxy) is 2. The lowest BCUT2D eigenvalue weighted by Crippen LogP contribution is -2.46. The molecule has 8 heteroatoms. The molecule has 1 heterocycles. The number of imide groups is 1. The van der Waals surface area contributed by atoms with Crippen molar-refractivity contribution >= 4 is 29.4 Å². The molecule has 0 unspecified atom stereocenters. The van der Waals surface area contributed by atoms with E-state index in [1.807, 2.05) is 6.92 Å². The summed E-state index contributed by atoms with van der Waals surface area (Å²) in [5.41, 5.74) is 1.04. The summed E-state index contributed by atoms with van der Waals surface area (Å²) in [5, 5.41) is 2.61. The van der Waals surface area contributed by atoms with Crippen molar-refractivity contribution in [1.29, 1.82) is 0 Å². The molecule has 8 nitrogen and oxygen atoms in total. The Balaban J connectivity index is 1.65. The number of rotatable bonds is 9. The predicted octanol–water partition coefficient (Wildman–Crippen LogP) is 3.03. The number of hydrogen-bond donors (Lipinski definition) is 1. The molecule has 0 aliphatic carbocycles. The molecular weight excluding hydrogens is 400 g/mol. The van der Waals surface area contributed by atoms with Crippen LogP contribution in [0.2, 0.25) is 0 Å². The zero-order chi connectivity index (χ0) is 22.4. The Hall–Kier alpha value is -3.68. The number of carbonyl (C=O) groups excluding carboxylic acids is 4. The molecule has 1 N–H and O–H groups in total. The van der Waals surface area contributed by atoms with Gasteiger partial charge in [-0.3, -0.25) is 19.3 Å². The average molecular weight is 424 g/mol. The van der Waals surface area contributed by atoms with E-state index in [-0.39, 0.29) is 17.5 Å². The number of anilines is 1. The van der Waals surface area contributed by atoms with Gasteiger partial charge >= 0.3 is 5.97 Å². The second kappa shape index (κ2) is 9.88. The highest BCUT2D eigenvalue weighted by Crippen LogP contribution is 2.27. The zero-order valence-corrected chi connectivity index (χ0v) is 17.4. The third-order valence-corrected chi connectivity index (χ3v) is 4.96. The number of unbranched alkanes of at least 4 members (excludes halogenated alkanes) is 1. The largest absolute Gasteiger partial charge is 0.497 e. The molecule has 1 atom stereocenters. The number of hydrogen-bond acceptors (Lipinski definition) is 6. The van der Waals surface area contributed by atoms with Crippen LogP contribution in [0, 0.1) is 0 Å². The van der Waals surface area contributed by atoms with Crippen molar-refractivity contribution < 1.29 is 28.7 Å². The van der Waals surface area contributed by atoms with Crippen LogP contribution in [0.5, 0.6) is 5.75 Å². The highest BCUT2D eigenvalue weighted by molar-refractivity contribution is 6.22. The quantitative estimate of drug-likeness (QED) is 0.490. The number of amides is 3. The molecule has 1 aliphatic rings. The summed E-state index contributed by atoms with van der Waals surface area (Å²) in [7, 11) is 1.54. The minimum Gasteiger partial charge on any atom is -0.497 e. The first-order valence-electron chi connectivity index (χ1n) is 10.0. The molecule has 0 bridgehead atoms. The Kier molecular flexibility index (Phi) is 7.02. The van der Waals surface area contributed by atoms with E-state index in [1.54, 1.807) is 48.5 Å². The first kappa shape index (κ1) is 22.0. The molecule has 2 aromatic rings. The molecule has 0 saturated carbocycles. The van der Waals surface area contributed by atoms with Crippen LogP contribution >= 0.6 is 0 Å². The van der Waals surface area contributed by atoms with Gasteiger partial charge in [-0.15, -0.1) is 0 Å². The number of nitrogens with zero attached hydrogens (tertiary/aromatic N) is 1. The smallest absolute Gasteiger partial charge is 0.329 e. The summed E-state index contributed by atoms with van der Waals surface area (Å²) in [6, 6.07) is 12.0. The number of fused-ring (bicyclic) bond motifs is 1. The van der Waals surface area contributed by atoms with Crippen molar-refractivity contribution in [3.63, 3.8) is 0 Å². The van der Waals surface area contributed by atoms with Gasteiger partial charge in [-0.05, 0) is 42.8 Å². The Bertz CT molecular complexity index is 951. The van der Waals surface area contributed by atoms with Crippen molar-refractivity contribution in [3.05, 3.63) is 59.7 Å².